The third-order valence-electron chi connectivity index (χ3n) is 4.91. The maximum atomic E-state index is 13.2. The molecule has 0 radical (unpaired) electrons. The summed E-state index contributed by atoms with van der Waals surface area (Å²) in [7, 11) is 1.95. The summed E-state index contributed by atoms with van der Waals surface area (Å²) in [5.41, 5.74) is 2.05. The van der Waals surface area contributed by atoms with Gasteiger partial charge in [0.15, 0.2) is 10.9 Å². The first kappa shape index (κ1) is 19.4. The van der Waals surface area contributed by atoms with Crippen molar-refractivity contribution in [2.24, 2.45) is 7.05 Å². The first-order chi connectivity index (χ1) is 14.0. The number of carbonyl (C=O) groups is 2. The van der Waals surface area contributed by atoms with Gasteiger partial charge < -0.3 is 9.88 Å². The van der Waals surface area contributed by atoms with Gasteiger partial charge in [0.05, 0.1) is 0 Å². The molecule has 1 fully saturated rings. The van der Waals surface area contributed by atoms with Crippen LogP contribution < -0.4 is 5.32 Å². The highest BCUT2D eigenvalue weighted by molar-refractivity contribution is 8.00. The van der Waals surface area contributed by atoms with Crippen molar-refractivity contribution in [1.82, 2.24) is 14.8 Å². The van der Waals surface area contributed by atoms with E-state index in [0.717, 1.165) is 24.2 Å². The quantitative estimate of drug-likeness (QED) is 0.466. The van der Waals surface area contributed by atoms with Crippen molar-refractivity contribution >= 4 is 29.1 Å². The molecule has 0 aliphatic heterocycles. The van der Waals surface area contributed by atoms with Gasteiger partial charge in [-0.05, 0) is 37.5 Å². The van der Waals surface area contributed by atoms with Crippen molar-refractivity contribution in [2.45, 2.75) is 36.1 Å². The summed E-state index contributed by atoms with van der Waals surface area (Å²) >= 11 is 1.38. The van der Waals surface area contributed by atoms with Crippen LogP contribution in [0.4, 0.5) is 5.69 Å². The normalized spacial score (nSPS) is 14.4. The Bertz CT molecular complexity index is 1040. The van der Waals surface area contributed by atoms with E-state index >= 15 is 0 Å². The first-order valence-corrected chi connectivity index (χ1v) is 10.4. The molecule has 0 bridgehead atoms. The number of hydrogen-bond acceptors (Lipinski definition) is 5. The van der Waals surface area contributed by atoms with Gasteiger partial charge in [0.25, 0.3) is 0 Å². The molecular weight excluding hydrogens is 384 g/mol. The molecule has 1 aromatic heterocycles. The van der Waals surface area contributed by atoms with Crippen LogP contribution in [0.15, 0.2) is 59.8 Å². The van der Waals surface area contributed by atoms with Crippen LogP contribution >= 0.6 is 11.8 Å². The van der Waals surface area contributed by atoms with Gasteiger partial charge in [0, 0.05) is 24.2 Å². The van der Waals surface area contributed by atoms with Crippen molar-refractivity contribution in [3.63, 3.8) is 0 Å². The van der Waals surface area contributed by atoms with E-state index in [4.69, 9.17) is 0 Å². The van der Waals surface area contributed by atoms with Gasteiger partial charge in [-0.1, -0.05) is 54.2 Å². The number of nitrogens with zero attached hydrogens (tertiary/aromatic N) is 3. The van der Waals surface area contributed by atoms with E-state index in [0.29, 0.717) is 22.3 Å². The molecule has 0 spiro atoms. The van der Waals surface area contributed by atoms with E-state index in [9.17, 15) is 9.59 Å². The minimum atomic E-state index is -0.493. The van der Waals surface area contributed by atoms with Crippen LogP contribution in [0.3, 0.4) is 0 Å². The van der Waals surface area contributed by atoms with Gasteiger partial charge >= 0.3 is 0 Å². The first-order valence-electron chi connectivity index (χ1n) is 9.55. The van der Waals surface area contributed by atoms with Crippen molar-refractivity contribution < 1.29 is 9.59 Å². The van der Waals surface area contributed by atoms with Gasteiger partial charge in [-0.15, -0.1) is 10.2 Å². The second kappa shape index (κ2) is 8.21. The number of Topliss-reactive ketones (excluding diaryl/α,β-unsaturated/α-hetero) is 1. The summed E-state index contributed by atoms with van der Waals surface area (Å²) in [5.74, 6) is 1.26. The lowest BCUT2D eigenvalue weighted by molar-refractivity contribution is -0.115. The molecule has 6 nitrogen and oxygen atoms in total. The van der Waals surface area contributed by atoms with Gasteiger partial charge in [0.2, 0.25) is 5.91 Å². The Kier molecular flexibility index (Phi) is 5.49. The number of aromatic nitrogens is 3. The molecule has 4 rings (SSSR count). The summed E-state index contributed by atoms with van der Waals surface area (Å²) < 4.78 is 1.99. The van der Waals surface area contributed by atoms with Crippen LogP contribution in [0.1, 0.15) is 52.7 Å². The average Bonchev–Trinajstić information content (AvgIpc) is 3.50. The van der Waals surface area contributed by atoms with Crippen LogP contribution in [0.25, 0.3) is 0 Å². The van der Waals surface area contributed by atoms with E-state index in [-0.39, 0.29) is 11.7 Å². The van der Waals surface area contributed by atoms with Crippen LogP contribution in [0.5, 0.6) is 0 Å². The fourth-order valence-electron chi connectivity index (χ4n) is 3.16. The topological polar surface area (TPSA) is 76.9 Å². The highest BCUT2D eigenvalue weighted by Crippen LogP contribution is 2.41. The molecule has 29 heavy (non-hydrogen) atoms. The molecule has 1 atom stereocenters. The Hall–Kier alpha value is -2.93. The largest absolute Gasteiger partial charge is 0.325 e. The number of ketones is 1. The minimum Gasteiger partial charge on any atom is -0.325 e. The Morgan fingerprint density at radius 3 is 2.55 bits per heavy atom. The second-order valence-corrected chi connectivity index (χ2v) is 8.28. The molecule has 1 saturated carbocycles. The zero-order valence-corrected chi connectivity index (χ0v) is 17.1. The zero-order valence-electron chi connectivity index (χ0n) is 16.3. The number of nitrogens with one attached hydrogen (secondary N) is 1. The fourth-order valence-corrected chi connectivity index (χ4v) is 4.17. The molecule has 1 aliphatic rings. The van der Waals surface area contributed by atoms with Crippen molar-refractivity contribution in [2.75, 3.05) is 5.32 Å². The monoisotopic (exact) mass is 406 g/mol. The predicted octanol–water partition coefficient (Wildman–Crippen LogP) is 4.37. The van der Waals surface area contributed by atoms with E-state index in [2.05, 4.69) is 15.5 Å². The lowest BCUT2D eigenvalue weighted by Gasteiger charge is -2.17. The molecule has 1 heterocycles. The molecule has 3 aromatic rings. The number of amides is 1. The maximum absolute atomic E-state index is 13.2. The Balaban J connectivity index is 1.60. The van der Waals surface area contributed by atoms with Crippen LogP contribution in [-0.4, -0.2) is 26.5 Å². The molecule has 0 saturated heterocycles. The number of benzene rings is 2. The Morgan fingerprint density at radius 1 is 1.10 bits per heavy atom. The van der Waals surface area contributed by atoms with E-state index in [1.165, 1.54) is 18.7 Å². The smallest absolute Gasteiger partial charge is 0.242 e. The SMILES string of the molecule is CC(=O)c1cccc(NC(=O)C(Sc2nnc(C3CC3)n2C)c2ccccc2)c1. The molecule has 1 N–H and O–H groups in total. The predicted molar refractivity (Wildman–Crippen MR) is 113 cm³/mol. The summed E-state index contributed by atoms with van der Waals surface area (Å²) in [5, 5.41) is 11.8. The van der Waals surface area contributed by atoms with Crippen molar-refractivity contribution in [3.05, 3.63) is 71.5 Å². The van der Waals surface area contributed by atoms with Crippen molar-refractivity contribution in [1.29, 1.82) is 0 Å². The fraction of sp³-hybridized carbons (Fsp3) is 0.273. The number of anilines is 1. The molecule has 1 aliphatic carbocycles. The Morgan fingerprint density at radius 2 is 1.86 bits per heavy atom. The molecule has 1 unspecified atom stereocenters. The lowest BCUT2D eigenvalue weighted by atomic mass is 10.1. The van der Waals surface area contributed by atoms with Gasteiger partial charge in [-0.25, -0.2) is 0 Å². The molecular formula is C22H22N4O2S. The van der Waals surface area contributed by atoms with Gasteiger partial charge in [0.1, 0.15) is 11.1 Å². The minimum absolute atomic E-state index is 0.0400. The van der Waals surface area contributed by atoms with E-state index in [1.807, 2.05) is 41.9 Å². The average molecular weight is 407 g/mol. The summed E-state index contributed by atoms with van der Waals surface area (Å²) in [6, 6.07) is 16.6. The highest BCUT2D eigenvalue weighted by atomic mass is 32.2. The molecule has 2 aromatic carbocycles. The maximum Gasteiger partial charge on any atom is 0.242 e. The summed E-state index contributed by atoms with van der Waals surface area (Å²) in [4.78, 5) is 24.8. The molecule has 1 amide bonds. The molecule has 7 heteroatoms. The lowest BCUT2D eigenvalue weighted by Crippen LogP contribution is -2.19. The van der Waals surface area contributed by atoms with Gasteiger partial charge in [-0.3, -0.25) is 9.59 Å². The molecule has 148 valence electrons. The third kappa shape index (κ3) is 4.40. The third-order valence-corrected chi connectivity index (χ3v) is 6.20. The van der Waals surface area contributed by atoms with Crippen LogP contribution in [0, 0.1) is 0 Å². The van der Waals surface area contributed by atoms with Gasteiger partial charge in [-0.2, -0.15) is 0 Å². The highest BCUT2D eigenvalue weighted by Gasteiger charge is 2.31. The number of thioether (sulfide) groups is 1. The number of rotatable bonds is 7. The van der Waals surface area contributed by atoms with Crippen molar-refractivity contribution in [3.8, 4) is 0 Å². The zero-order chi connectivity index (χ0) is 20.4. The number of carbonyl (C=O) groups excluding carboxylic acids is 2. The summed E-state index contributed by atoms with van der Waals surface area (Å²) in [6.45, 7) is 1.51. The van der Waals surface area contributed by atoms with Crippen LogP contribution in [-0.2, 0) is 11.8 Å². The van der Waals surface area contributed by atoms with E-state index < -0.39 is 5.25 Å². The Labute approximate surface area is 173 Å². The summed E-state index contributed by atoms with van der Waals surface area (Å²) in [6.07, 6.45) is 2.29. The number of hydrogen-bond donors (Lipinski definition) is 1. The second-order valence-electron chi connectivity index (χ2n) is 7.21. The van der Waals surface area contributed by atoms with Crippen LogP contribution in [0.2, 0.25) is 0 Å². The standard InChI is InChI=1S/C22H22N4O2S/c1-14(27)17-9-6-10-18(13-17)23-21(28)19(15-7-4-3-5-8-15)29-22-25-24-20(26(22)2)16-11-12-16/h3-10,13,16,19H,11-12H2,1-2H3,(H,23,28). The van der Waals surface area contributed by atoms with E-state index in [1.54, 1.807) is 24.3 Å².